The number of ether oxygens (including phenoxy) is 3. The number of carbonyl (C=O) groups excluding carboxylic acids is 3. The summed E-state index contributed by atoms with van der Waals surface area (Å²) in [5.74, 6) is -2.08. The third-order valence-corrected chi connectivity index (χ3v) is 5.03. The smallest absolute Gasteiger partial charge is 0.418 e. The maximum absolute atomic E-state index is 12.5. The highest BCUT2D eigenvalue weighted by molar-refractivity contribution is 5.93. The van der Waals surface area contributed by atoms with Crippen LogP contribution < -0.4 is 0 Å². The van der Waals surface area contributed by atoms with Gasteiger partial charge in [-0.15, -0.1) is 0 Å². The molecule has 0 bridgehead atoms. The van der Waals surface area contributed by atoms with Gasteiger partial charge in [0.2, 0.25) is 0 Å². The zero-order valence-corrected chi connectivity index (χ0v) is 16.8. The van der Waals surface area contributed by atoms with Crippen molar-refractivity contribution in [3.63, 3.8) is 0 Å². The first-order chi connectivity index (χ1) is 13.2. The van der Waals surface area contributed by atoms with E-state index in [0.717, 1.165) is 16.5 Å². The molecule has 0 fully saturated rings. The summed E-state index contributed by atoms with van der Waals surface area (Å²) in [6.45, 7) is 5.44. The average Bonchev–Trinajstić information content (AvgIpc) is 3.09. The molecule has 1 unspecified atom stereocenters. The van der Waals surface area contributed by atoms with E-state index in [9.17, 15) is 14.4 Å². The van der Waals surface area contributed by atoms with Gasteiger partial charge >= 0.3 is 18.0 Å². The van der Waals surface area contributed by atoms with Crippen LogP contribution in [0.5, 0.6) is 0 Å². The van der Waals surface area contributed by atoms with Crippen molar-refractivity contribution < 1.29 is 28.6 Å². The van der Waals surface area contributed by atoms with Crippen LogP contribution in [0.15, 0.2) is 24.4 Å². The van der Waals surface area contributed by atoms with Crippen LogP contribution in [0.25, 0.3) is 10.9 Å². The van der Waals surface area contributed by atoms with Gasteiger partial charge in [0.25, 0.3) is 0 Å². The van der Waals surface area contributed by atoms with Crippen molar-refractivity contribution in [2.24, 2.45) is 11.8 Å². The summed E-state index contributed by atoms with van der Waals surface area (Å²) in [6, 6.07) is 5.57. The Morgan fingerprint density at radius 1 is 0.964 bits per heavy atom. The van der Waals surface area contributed by atoms with Crippen molar-refractivity contribution in [2.45, 2.75) is 39.2 Å². The van der Waals surface area contributed by atoms with Crippen LogP contribution >= 0.6 is 0 Å². The fourth-order valence-electron chi connectivity index (χ4n) is 3.76. The van der Waals surface area contributed by atoms with Gasteiger partial charge in [-0.3, -0.25) is 14.2 Å². The van der Waals surface area contributed by atoms with Gasteiger partial charge in [0.1, 0.15) is 5.60 Å². The molecule has 0 radical (unpaired) electrons. The summed E-state index contributed by atoms with van der Waals surface area (Å²) in [4.78, 5) is 37.0. The fourth-order valence-corrected chi connectivity index (χ4v) is 3.76. The lowest BCUT2D eigenvalue weighted by molar-refractivity contribution is -0.158. The van der Waals surface area contributed by atoms with Crippen LogP contribution in [0.2, 0.25) is 0 Å². The van der Waals surface area contributed by atoms with Gasteiger partial charge in [0, 0.05) is 11.6 Å². The molecule has 0 spiro atoms. The van der Waals surface area contributed by atoms with Crippen molar-refractivity contribution in [3.8, 4) is 0 Å². The maximum Gasteiger partial charge on any atom is 0.418 e. The molecular weight excluding hydrogens is 362 g/mol. The third-order valence-electron chi connectivity index (χ3n) is 5.03. The number of aromatic nitrogens is 1. The Bertz CT molecular complexity index is 936. The molecule has 0 saturated heterocycles. The van der Waals surface area contributed by atoms with Crippen molar-refractivity contribution in [1.82, 2.24) is 4.57 Å². The molecule has 2 atom stereocenters. The second kappa shape index (κ2) is 7.30. The molecule has 0 N–H and O–H groups in total. The Kier molecular flexibility index (Phi) is 5.19. The summed E-state index contributed by atoms with van der Waals surface area (Å²) in [5, 5.41) is 0.862. The monoisotopic (exact) mass is 387 g/mol. The lowest BCUT2D eigenvalue weighted by Crippen LogP contribution is -2.38. The number of methoxy groups -OCH3 is 2. The van der Waals surface area contributed by atoms with Crippen molar-refractivity contribution in [1.29, 1.82) is 0 Å². The lowest BCUT2D eigenvalue weighted by atomic mass is 9.75. The van der Waals surface area contributed by atoms with Gasteiger partial charge in [-0.1, -0.05) is 6.07 Å². The SMILES string of the molecule is COC(=O)C1Cc2ccc3c(ccn3C(=O)OC(C)(C)C)c2C[C@@H]1C(=O)OC. The Hall–Kier alpha value is -2.83. The third kappa shape index (κ3) is 3.61. The summed E-state index contributed by atoms with van der Waals surface area (Å²) >= 11 is 0. The number of benzene rings is 1. The highest BCUT2D eigenvalue weighted by Crippen LogP contribution is 2.36. The van der Waals surface area contributed by atoms with Crippen LogP contribution in [0.1, 0.15) is 31.9 Å². The highest BCUT2D eigenvalue weighted by atomic mass is 16.6. The average molecular weight is 387 g/mol. The summed E-state index contributed by atoms with van der Waals surface area (Å²) in [6.07, 6.45) is 1.93. The molecule has 1 aromatic heterocycles. The van der Waals surface area contributed by atoms with Gasteiger partial charge in [0.05, 0.1) is 31.6 Å². The van der Waals surface area contributed by atoms with Crippen LogP contribution in [-0.2, 0) is 36.6 Å². The standard InChI is InChI=1S/C21H25NO6/c1-21(2,3)28-20(25)22-9-8-13-14-11-16(19(24)27-5)15(18(23)26-4)10-12(14)6-7-17(13)22/h6-9,15-16H,10-11H2,1-5H3/t15?,16-/m0/s1. The van der Waals surface area contributed by atoms with Gasteiger partial charge in [-0.2, -0.15) is 0 Å². The normalized spacial score (nSPS) is 19.0. The molecular formula is C21H25NO6. The number of hydrogen-bond acceptors (Lipinski definition) is 6. The van der Waals surface area contributed by atoms with E-state index in [0.29, 0.717) is 18.4 Å². The number of hydrogen-bond donors (Lipinski definition) is 0. The van der Waals surface area contributed by atoms with Crippen molar-refractivity contribution in [2.75, 3.05) is 14.2 Å². The quantitative estimate of drug-likeness (QED) is 0.582. The van der Waals surface area contributed by atoms with Crippen LogP contribution in [0.4, 0.5) is 4.79 Å². The predicted molar refractivity (Wildman–Crippen MR) is 102 cm³/mol. The molecule has 28 heavy (non-hydrogen) atoms. The van der Waals surface area contributed by atoms with E-state index in [1.54, 1.807) is 6.20 Å². The van der Waals surface area contributed by atoms with E-state index in [4.69, 9.17) is 14.2 Å². The van der Waals surface area contributed by atoms with Crippen LogP contribution in [-0.4, -0.2) is 42.4 Å². The first-order valence-electron chi connectivity index (χ1n) is 9.17. The van der Waals surface area contributed by atoms with Crippen LogP contribution in [0, 0.1) is 11.8 Å². The zero-order valence-electron chi connectivity index (χ0n) is 16.8. The second-order valence-corrected chi connectivity index (χ2v) is 7.97. The largest absolute Gasteiger partial charge is 0.469 e. The summed E-state index contributed by atoms with van der Waals surface area (Å²) in [5.41, 5.74) is 2.00. The van der Waals surface area contributed by atoms with E-state index >= 15 is 0 Å². The van der Waals surface area contributed by atoms with Crippen molar-refractivity contribution in [3.05, 3.63) is 35.5 Å². The number of fused-ring (bicyclic) bond motifs is 3. The molecule has 7 heteroatoms. The molecule has 3 rings (SSSR count). The van der Waals surface area contributed by atoms with E-state index in [-0.39, 0.29) is 0 Å². The minimum absolute atomic E-state index is 0.345. The van der Waals surface area contributed by atoms with E-state index < -0.39 is 35.5 Å². The molecule has 2 aromatic rings. The summed E-state index contributed by atoms with van der Waals surface area (Å²) < 4.78 is 16.7. The highest BCUT2D eigenvalue weighted by Gasteiger charge is 2.40. The minimum Gasteiger partial charge on any atom is -0.469 e. The Morgan fingerprint density at radius 3 is 2.14 bits per heavy atom. The molecule has 1 aromatic carbocycles. The number of esters is 2. The molecule has 1 aliphatic carbocycles. The number of carbonyl (C=O) groups is 3. The minimum atomic E-state index is -0.625. The predicted octanol–water partition coefficient (Wildman–Crippen LogP) is 3.10. The van der Waals surface area contributed by atoms with E-state index in [1.807, 2.05) is 39.0 Å². The second-order valence-electron chi connectivity index (χ2n) is 7.97. The summed E-state index contributed by atoms with van der Waals surface area (Å²) in [7, 11) is 2.63. The Balaban J connectivity index is 2.04. The molecule has 150 valence electrons. The van der Waals surface area contributed by atoms with E-state index in [1.165, 1.54) is 18.8 Å². The molecule has 0 saturated carbocycles. The van der Waals surface area contributed by atoms with Gasteiger partial charge in [-0.25, -0.2) is 4.79 Å². The van der Waals surface area contributed by atoms with Gasteiger partial charge < -0.3 is 14.2 Å². The Morgan fingerprint density at radius 2 is 1.57 bits per heavy atom. The van der Waals surface area contributed by atoms with Crippen molar-refractivity contribution >= 4 is 28.9 Å². The van der Waals surface area contributed by atoms with E-state index in [2.05, 4.69) is 0 Å². The topological polar surface area (TPSA) is 83.8 Å². The molecule has 1 aliphatic rings. The Labute approximate surface area is 163 Å². The maximum atomic E-state index is 12.5. The fraction of sp³-hybridized carbons (Fsp3) is 0.476. The van der Waals surface area contributed by atoms with Crippen LogP contribution in [0.3, 0.4) is 0 Å². The number of nitrogens with zero attached hydrogens (tertiary/aromatic N) is 1. The van der Waals surface area contributed by atoms with Gasteiger partial charge in [-0.05, 0) is 56.9 Å². The lowest BCUT2D eigenvalue weighted by Gasteiger charge is -2.30. The molecule has 1 heterocycles. The number of rotatable bonds is 2. The molecule has 0 amide bonds. The first kappa shape index (κ1) is 19.9. The molecule has 0 aliphatic heterocycles. The first-order valence-corrected chi connectivity index (χ1v) is 9.17. The molecule has 7 nitrogen and oxygen atoms in total. The zero-order chi connectivity index (χ0) is 20.6. The van der Waals surface area contributed by atoms with Gasteiger partial charge in [0.15, 0.2) is 0 Å².